The molecule has 0 aromatic carbocycles. The molecule has 6 heteroatoms. The number of carbonyl (C=O) groups excluding carboxylic acids is 1. The molecule has 2 aromatic heterocycles. The topological polar surface area (TPSA) is 61.2 Å². The van der Waals surface area contributed by atoms with E-state index in [9.17, 15) is 9.59 Å². The molecule has 0 amide bonds. The molecule has 1 aliphatic rings. The van der Waals surface area contributed by atoms with Crippen LogP contribution >= 0.6 is 11.3 Å². The van der Waals surface area contributed by atoms with Crippen molar-refractivity contribution in [2.75, 3.05) is 6.61 Å². The molecule has 2 aromatic rings. The van der Waals surface area contributed by atoms with E-state index in [-0.39, 0.29) is 5.56 Å². The molecule has 0 spiro atoms. The number of ether oxygens (including phenoxy) is 1. The molecule has 0 bridgehead atoms. The number of hydrogen-bond donors (Lipinski definition) is 0. The fraction of sp³-hybridized carbons (Fsp3) is 0.562. The maximum Gasteiger partial charge on any atom is 0.328 e. The summed E-state index contributed by atoms with van der Waals surface area (Å²) in [6.45, 7) is 5.97. The molecule has 118 valence electrons. The predicted molar refractivity (Wildman–Crippen MR) is 86.4 cm³/mol. The number of thiophene rings is 1. The summed E-state index contributed by atoms with van der Waals surface area (Å²) < 4.78 is 6.40. The van der Waals surface area contributed by atoms with Gasteiger partial charge < -0.3 is 4.74 Å². The van der Waals surface area contributed by atoms with E-state index >= 15 is 0 Å². The maximum absolute atomic E-state index is 12.8. The molecule has 0 fully saturated rings. The lowest BCUT2D eigenvalue weighted by atomic mass is 9.89. The fourth-order valence-corrected chi connectivity index (χ4v) is 4.34. The Bertz CT molecular complexity index is 778. The first-order valence-electron chi connectivity index (χ1n) is 7.71. The zero-order valence-corrected chi connectivity index (χ0v) is 13.9. The van der Waals surface area contributed by atoms with Crippen LogP contribution in [0.15, 0.2) is 11.1 Å². The van der Waals surface area contributed by atoms with Crippen molar-refractivity contribution >= 4 is 27.5 Å². The van der Waals surface area contributed by atoms with Gasteiger partial charge in [0.1, 0.15) is 10.9 Å². The number of aryl methyl sites for hydroxylation is 1. The summed E-state index contributed by atoms with van der Waals surface area (Å²) >= 11 is 1.62. The quantitative estimate of drug-likeness (QED) is 0.816. The van der Waals surface area contributed by atoms with Crippen molar-refractivity contribution < 1.29 is 9.53 Å². The highest BCUT2D eigenvalue weighted by atomic mass is 32.1. The van der Waals surface area contributed by atoms with Gasteiger partial charge in [-0.3, -0.25) is 9.36 Å². The molecule has 0 aliphatic heterocycles. The van der Waals surface area contributed by atoms with E-state index in [2.05, 4.69) is 11.9 Å². The highest BCUT2D eigenvalue weighted by Gasteiger charge is 2.25. The van der Waals surface area contributed by atoms with Crippen molar-refractivity contribution in [1.82, 2.24) is 9.55 Å². The van der Waals surface area contributed by atoms with Gasteiger partial charge in [0.2, 0.25) is 0 Å². The lowest BCUT2D eigenvalue weighted by Gasteiger charge is -2.18. The van der Waals surface area contributed by atoms with Crippen LogP contribution in [-0.2, 0) is 22.4 Å². The SMILES string of the molecule is CCOC(=O)[C@@H](C)n1cnc2sc3c(c2c1=O)CC[C@H](C)C3. The summed E-state index contributed by atoms with van der Waals surface area (Å²) in [7, 11) is 0. The van der Waals surface area contributed by atoms with Gasteiger partial charge in [-0.15, -0.1) is 11.3 Å². The van der Waals surface area contributed by atoms with Gasteiger partial charge in [0.25, 0.3) is 5.56 Å². The van der Waals surface area contributed by atoms with Crippen molar-refractivity contribution in [2.45, 2.75) is 46.1 Å². The van der Waals surface area contributed by atoms with Crippen LogP contribution in [0.3, 0.4) is 0 Å². The molecule has 1 aliphatic carbocycles. The smallest absolute Gasteiger partial charge is 0.328 e. The lowest BCUT2D eigenvalue weighted by molar-refractivity contribution is -0.146. The Hall–Kier alpha value is -1.69. The molecule has 0 saturated heterocycles. The van der Waals surface area contributed by atoms with Gasteiger partial charge >= 0.3 is 5.97 Å². The van der Waals surface area contributed by atoms with Crippen LogP contribution < -0.4 is 5.56 Å². The Balaban J connectivity index is 2.10. The Morgan fingerprint density at radius 3 is 3.09 bits per heavy atom. The van der Waals surface area contributed by atoms with Gasteiger partial charge in [-0.1, -0.05) is 6.92 Å². The second-order valence-electron chi connectivity index (χ2n) is 5.92. The van der Waals surface area contributed by atoms with Gasteiger partial charge in [0, 0.05) is 4.88 Å². The summed E-state index contributed by atoms with van der Waals surface area (Å²) in [6, 6.07) is -0.651. The number of aromatic nitrogens is 2. The van der Waals surface area contributed by atoms with Crippen molar-refractivity contribution in [3.63, 3.8) is 0 Å². The van der Waals surface area contributed by atoms with Crippen LogP contribution in [0, 0.1) is 5.92 Å². The minimum absolute atomic E-state index is 0.127. The number of carbonyl (C=O) groups is 1. The summed E-state index contributed by atoms with van der Waals surface area (Å²) in [6.07, 6.45) is 4.51. The first kappa shape index (κ1) is 15.2. The summed E-state index contributed by atoms with van der Waals surface area (Å²) in [5.41, 5.74) is 1.01. The average molecular weight is 320 g/mol. The fourth-order valence-electron chi connectivity index (χ4n) is 3.00. The molecule has 22 heavy (non-hydrogen) atoms. The second-order valence-corrected chi connectivity index (χ2v) is 7.00. The van der Waals surface area contributed by atoms with E-state index < -0.39 is 12.0 Å². The standard InChI is InChI=1S/C16H20N2O3S/c1-4-21-16(20)10(3)18-8-17-14-13(15(18)19)11-6-5-9(2)7-12(11)22-14/h8-10H,4-7H2,1-3H3/t9-,10+/m0/s1. The number of hydrogen-bond acceptors (Lipinski definition) is 5. The number of rotatable bonds is 3. The van der Waals surface area contributed by atoms with Gasteiger partial charge in [-0.25, -0.2) is 9.78 Å². The Labute approximate surface area is 132 Å². The second kappa shape index (κ2) is 5.83. The highest BCUT2D eigenvalue weighted by molar-refractivity contribution is 7.18. The van der Waals surface area contributed by atoms with Crippen molar-refractivity contribution in [2.24, 2.45) is 5.92 Å². The minimum Gasteiger partial charge on any atom is -0.464 e. The van der Waals surface area contributed by atoms with Gasteiger partial charge in [0.05, 0.1) is 18.3 Å². The largest absolute Gasteiger partial charge is 0.464 e. The van der Waals surface area contributed by atoms with Gasteiger partial charge in [-0.2, -0.15) is 0 Å². The predicted octanol–water partition coefficient (Wildman–Crippen LogP) is 2.71. The molecular weight excluding hydrogens is 300 g/mol. The van der Waals surface area contributed by atoms with Crippen molar-refractivity contribution in [3.8, 4) is 0 Å². The lowest BCUT2D eigenvalue weighted by Crippen LogP contribution is -2.29. The molecule has 0 unspecified atom stereocenters. The molecule has 0 saturated carbocycles. The number of fused-ring (bicyclic) bond motifs is 3. The van der Waals surface area contributed by atoms with Crippen LogP contribution in [0.5, 0.6) is 0 Å². The Kier molecular flexibility index (Phi) is 4.04. The third kappa shape index (κ3) is 2.45. The number of nitrogens with zero attached hydrogens (tertiary/aromatic N) is 2. The first-order chi connectivity index (χ1) is 10.5. The van der Waals surface area contributed by atoms with Crippen LogP contribution in [0.1, 0.15) is 43.7 Å². The van der Waals surface area contributed by atoms with E-state index in [4.69, 9.17) is 4.74 Å². The first-order valence-corrected chi connectivity index (χ1v) is 8.52. The zero-order valence-electron chi connectivity index (χ0n) is 13.1. The summed E-state index contributed by atoms with van der Waals surface area (Å²) in [4.78, 5) is 31.2. The molecule has 2 atom stereocenters. The molecule has 2 heterocycles. The third-order valence-corrected chi connectivity index (χ3v) is 5.45. The van der Waals surface area contributed by atoms with Crippen LogP contribution in [0.2, 0.25) is 0 Å². The van der Waals surface area contributed by atoms with Crippen LogP contribution in [-0.4, -0.2) is 22.1 Å². The van der Waals surface area contributed by atoms with E-state index in [1.807, 2.05) is 0 Å². The van der Waals surface area contributed by atoms with Gasteiger partial charge in [0.15, 0.2) is 0 Å². The summed E-state index contributed by atoms with van der Waals surface area (Å²) in [5.74, 6) is 0.254. The van der Waals surface area contributed by atoms with E-state index in [0.29, 0.717) is 17.9 Å². The van der Waals surface area contributed by atoms with Crippen LogP contribution in [0.4, 0.5) is 0 Å². The van der Waals surface area contributed by atoms with E-state index in [1.54, 1.807) is 25.2 Å². The normalized spacial score (nSPS) is 19.0. The molecule has 5 nitrogen and oxygen atoms in total. The minimum atomic E-state index is -0.651. The van der Waals surface area contributed by atoms with Gasteiger partial charge in [-0.05, 0) is 44.6 Å². The molecule has 3 rings (SSSR count). The highest BCUT2D eigenvalue weighted by Crippen LogP contribution is 2.35. The van der Waals surface area contributed by atoms with E-state index in [1.165, 1.54) is 15.8 Å². The maximum atomic E-state index is 12.8. The third-order valence-electron chi connectivity index (χ3n) is 4.29. The van der Waals surface area contributed by atoms with E-state index in [0.717, 1.165) is 29.7 Å². The summed E-state index contributed by atoms with van der Waals surface area (Å²) in [5, 5.41) is 0.700. The molecule has 0 N–H and O–H groups in total. The Morgan fingerprint density at radius 1 is 1.59 bits per heavy atom. The van der Waals surface area contributed by atoms with Crippen LogP contribution in [0.25, 0.3) is 10.2 Å². The monoisotopic (exact) mass is 320 g/mol. The van der Waals surface area contributed by atoms with Crippen molar-refractivity contribution in [3.05, 3.63) is 27.1 Å². The van der Waals surface area contributed by atoms with Crippen molar-refractivity contribution in [1.29, 1.82) is 0 Å². The molecular formula is C16H20N2O3S. The Morgan fingerprint density at radius 2 is 2.36 bits per heavy atom. The number of esters is 1. The molecule has 0 radical (unpaired) electrons. The average Bonchev–Trinajstić information content (AvgIpc) is 2.85. The zero-order chi connectivity index (χ0) is 15.9.